The number of carboxylic acid groups (broad SMARTS) is 1. The summed E-state index contributed by atoms with van der Waals surface area (Å²) in [4.78, 5) is 10.6. The Morgan fingerprint density at radius 1 is 1.50 bits per heavy atom. The molecule has 14 heavy (non-hydrogen) atoms. The molecule has 1 atom stereocenters. The van der Waals surface area contributed by atoms with Crippen molar-refractivity contribution >= 4 is 5.97 Å². The van der Waals surface area contributed by atoms with Crippen molar-refractivity contribution in [1.82, 2.24) is 0 Å². The topological polar surface area (TPSA) is 67.8 Å². The summed E-state index contributed by atoms with van der Waals surface area (Å²) in [5.41, 5.74) is 1.40. The van der Waals surface area contributed by atoms with Gasteiger partial charge < -0.3 is 15.6 Å². The Bertz CT molecular complexity index is 377. The van der Waals surface area contributed by atoms with Gasteiger partial charge in [-0.2, -0.15) is 0 Å². The smallest absolute Gasteiger partial charge is 0.160 e. The summed E-state index contributed by atoms with van der Waals surface area (Å²) in [7, 11) is 0. The molecular weight excluding hydrogens is 192 g/mol. The van der Waals surface area contributed by atoms with Gasteiger partial charge in [-0.05, 0) is 12.1 Å². The van der Waals surface area contributed by atoms with Gasteiger partial charge >= 0.3 is 0 Å². The lowest BCUT2D eigenvalue weighted by molar-refractivity contribution is -0.490. The second kappa shape index (κ2) is 3.34. The number of benzene rings is 1. The summed E-state index contributed by atoms with van der Waals surface area (Å²) >= 11 is 0. The Balaban J connectivity index is 3.26. The molecule has 0 saturated heterocycles. The van der Waals surface area contributed by atoms with Crippen molar-refractivity contribution in [3.8, 4) is 0 Å². The van der Waals surface area contributed by atoms with Crippen molar-refractivity contribution in [1.29, 1.82) is 0 Å². The number of aliphatic carboxylic acids is 1. The molecule has 1 aromatic rings. The molecule has 0 unspecified atom stereocenters. The van der Waals surface area contributed by atoms with E-state index >= 15 is 0 Å². The number of quaternary nitrogens is 1. The lowest BCUT2D eigenvalue weighted by Crippen LogP contribution is -2.75. The average molecular weight is 201 g/mol. The van der Waals surface area contributed by atoms with Crippen LogP contribution in [0.25, 0.3) is 0 Å². The van der Waals surface area contributed by atoms with E-state index in [2.05, 4.69) is 5.73 Å². The molecule has 0 radical (unpaired) electrons. The van der Waals surface area contributed by atoms with Crippen LogP contribution in [0, 0.1) is 11.6 Å². The van der Waals surface area contributed by atoms with E-state index in [-0.39, 0.29) is 5.56 Å². The first kappa shape index (κ1) is 10.6. The van der Waals surface area contributed by atoms with Gasteiger partial charge in [-0.1, -0.05) is 0 Å². The van der Waals surface area contributed by atoms with Crippen LogP contribution in [0.4, 0.5) is 8.78 Å². The third-order valence-electron chi connectivity index (χ3n) is 1.98. The predicted octanol–water partition coefficient (Wildman–Crippen LogP) is -0.828. The second-order valence-corrected chi connectivity index (χ2v) is 3.24. The van der Waals surface area contributed by atoms with Crippen LogP contribution in [-0.2, 0) is 10.3 Å². The van der Waals surface area contributed by atoms with Gasteiger partial charge in [0, 0.05) is 13.0 Å². The van der Waals surface area contributed by atoms with Crippen molar-refractivity contribution < 1.29 is 24.4 Å². The van der Waals surface area contributed by atoms with E-state index in [9.17, 15) is 18.7 Å². The molecule has 76 valence electrons. The fourth-order valence-electron chi connectivity index (χ4n) is 1.05. The first-order chi connectivity index (χ1) is 6.35. The van der Waals surface area contributed by atoms with Gasteiger partial charge in [0.2, 0.25) is 0 Å². The molecule has 0 aliphatic rings. The molecule has 3 N–H and O–H groups in total. The van der Waals surface area contributed by atoms with Crippen molar-refractivity contribution in [3.05, 3.63) is 35.4 Å². The first-order valence-corrected chi connectivity index (χ1v) is 3.88. The van der Waals surface area contributed by atoms with E-state index < -0.39 is 23.1 Å². The van der Waals surface area contributed by atoms with Gasteiger partial charge in [0.05, 0.1) is 5.56 Å². The summed E-state index contributed by atoms with van der Waals surface area (Å²) in [6, 6.07) is 2.64. The maximum atomic E-state index is 13.1. The van der Waals surface area contributed by atoms with E-state index in [0.717, 1.165) is 12.1 Å². The van der Waals surface area contributed by atoms with Crippen molar-refractivity contribution in [2.24, 2.45) is 0 Å². The molecule has 0 fully saturated rings. The lowest BCUT2D eigenvalue weighted by atomic mass is 9.93. The fourth-order valence-corrected chi connectivity index (χ4v) is 1.05. The van der Waals surface area contributed by atoms with E-state index in [4.69, 9.17) is 0 Å². The van der Waals surface area contributed by atoms with E-state index in [1.54, 1.807) is 0 Å². The molecule has 0 aliphatic carbocycles. The first-order valence-electron chi connectivity index (χ1n) is 3.88. The van der Waals surface area contributed by atoms with Gasteiger partial charge in [-0.25, -0.2) is 8.78 Å². The van der Waals surface area contributed by atoms with Crippen LogP contribution in [0.15, 0.2) is 18.2 Å². The zero-order valence-electron chi connectivity index (χ0n) is 7.51. The van der Waals surface area contributed by atoms with Crippen LogP contribution < -0.4 is 10.8 Å². The summed E-state index contributed by atoms with van der Waals surface area (Å²) in [5.74, 6) is -3.21. The Kier molecular flexibility index (Phi) is 2.53. The Morgan fingerprint density at radius 3 is 2.50 bits per heavy atom. The number of halogens is 2. The standard InChI is InChI=1S/C9H9F2NO2/c1-9(12,8(13)14)6-3-2-5(10)4-7(6)11/h2-4H,12H2,1H3,(H,13,14)/t9-/m0/s1. The van der Waals surface area contributed by atoms with Crippen molar-refractivity contribution in [2.75, 3.05) is 0 Å². The number of hydrogen-bond acceptors (Lipinski definition) is 2. The van der Waals surface area contributed by atoms with E-state index in [1.807, 2.05) is 0 Å². The highest BCUT2D eigenvalue weighted by molar-refractivity contribution is 5.76. The van der Waals surface area contributed by atoms with Crippen LogP contribution in [0.2, 0.25) is 0 Å². The third-order valence-corrected chi connectivity index (χ3v) is 1.98. The van der Waals surface area contributed by atoms with E-state index in [1.165, 1.54) is 6.92 Å². The second-order valence-electron chi connectivity index (χ2n) is 3.24. The summed E-state index contributed by atoms with van der Waals surface area (Å²) in [6.07, 6.45) is 0. The molecule has 1 aromatic carbocycles. The molecular formula is C9H9F2NO2. The molecule has 0 aromatic heterocycles. The van der Waals surface area contributed by atoms with Crippen LogP contribution in [0.1, 0.15) is 12.5 Å². The van der Waals surface area contributed by atoms with Crippen molar-refractivity contribution in [3.63, 3.8) is 0 Å². The molecule has 0 heterocycles. The quantitative estimate of drug-likeness (QED) is 0.678. The van der Waals surface area contributed by atoms with Crippen LogP contribution in [0.3, 0.4) is 0 Å². The van der Waals surface area contributed by atoms with E-state index in [0.29, 0.717) is 6.07 Å². The lowest BCUT2D eigenvalue weighted by Gasteiger charge is -2.22. The average Bonchev–Trinajstić information content (AvgIpc) is 2.02. The van der Waals surface area contributed by atoms with Crippen molar-refractivity contribution in [2.45, 2.75) is 12.5 Å². The number of carbonyl (C=O) groups is 1. The third kappa shape index (κ3) is 1.72. The molecule has 0 bridgehead atoms. The minimum Gasteiger partial charge on any atom is -0.543 e. The predicted molar refractivity (Wildman–Crippen MR) is 41.6 cm³/mol. The molecule has 0 amide bonds. The molecule has 0 aliphatic heterocycles. The SMILES string of the molecule is C[C@@]([NH3+])(C(=O)[O-])c1ccc(F)cc1F. The molecule has 0 saturated carbocycles. The summed E-state index contributed by atoms with van der Waals surface area (Å²) < 4.78 is 25.6. The monoisotopic (exact) mass is 201 g/mol. The molecule has 1 rings (SSSR count). The van der Waals surface area contributed by atoms with Gasteiger partial charge in [-0.15, -0.1) is 0 Å². The number of carbonyl (C=O) groups excluding carboxylic acids is 1. The van der Waals surface area contributed by atoms with Gasteiger partial charge in [0.25, 0.3) is 0 Å². The normalized spacial score (nSPS) is 14.9. The minimum atomic E-state index is -1.71. The number of hydrogen-bond donors (Lipinski definition) is 1. The minimum absolute atomic E-state index is 0.195. The largest absolute Gasteiger partial charge is 0.543 e. The van der Waals surface area contributed by atoms with Crippen LogP contribution in [-0.4, -0.2) is 5.97 Å². The number of carboxylic acids is 1. The fraction of sp³-hybridized carbons (Fsp3) is 0.222. The van der Waals surface area contributed by atoms with Gasteiger partial charge in [0.15, 0.2) is 5.54 Å². The van der Waals surface area contributed by atoms with Crippen LogP contribution >= 0.6 is 0 Å². The molecule has 0 spiro atoms. The summed E-state index contributed by atoms with van der Waals surface area (Å²) in [6.45, 7) is 1.19. The maximum absolute atomic E-state index is 13.1. The number of rotatable bonds is 2. The summed E-state index contributed by atoms with van der Waals surface area (Å²) in [5, 5.41) is 10.6. The molecule has 5 heteroatoms. The molecule has 3 nitrogen and oxygen atoms in total. The highest BCUT2D eigenvalue weighted by Crippen LogP contribution is 2.19. The maximum Gasteiger partial charge on any atom is 0.160 e. The van der Waals surface area contributed by atoms with Gasteiger partial charge in [-0.3, -0.25) is 0 Å². The zero-order chi connectivity index (χ0) is 10.9. The van der Waals surface area contributed by atoms with Gasteiger partial charge in [0.1, 0.15) is 17.6 Å². The zero-order valence-corrected chi connectivity index (χ0v) is 7.51. The highest BCUT2D eigenvalue weighted by Gasteiger charge is 2.30. The Morgan fingerprint density at radius 2 is 2.07 bits per heavy atom. The highest BCUT2D eigenvalue weighted by atomic mass is 19.1. The Hall–Kier alpha value is -1.49. The Labute approximate surface area is 79.2 Å². The van der Waals surface area contributed by atoms with Crippen LogP contribution in [0.5, 0.6) is 0 Å².